The van der Waals surface area contributed by atoms with Crippen LogP contribution in [-0.2, 0) is 9.53 Å². The second-order valence-electron chi connectivity index (χ2n) is 5.78. The van der Waals surface area contributed by atoms with Crippen LogP contribution in [-0.4, -0.2) is 18.7 Å². The number of hydrogen-bond donors (Lipinski definition) is 0. The third kappa shape index (κ3) is 3.96. The molecule has 1 aromatic rings. The zero-order chi connectivity index (χ0) is 14.0. The van der Waals surface area contributed by atoms with Gasteiger partial charge in [-0.15, -0.1) is 0 Å². The third-order valence-electron chi connectivity index (χ3n) is 3.26. The van der Waals surface area contributed by atoms with Crippen LogP contribution in [0.4, 0.5) is 0 Å². The van der Waals surface area contributed by atoms with E-state index in [2.05, 4.69) is 22.9 Å². The fourth-order valence-corrected chi connectivity index (χ4v) is 1.87. The molecule has 0 radical (unpaired) electrons. The van der Waals surface area contributed by atoms with E-state index in [1.165, 1.54) is 0 Å². The number of esters is 1. The molecule has 0 N–H and O–H groups in total. The van der Waals surface area contributed by atoms with Crippen LogP contribution in [0.2, 0.25) is 0 Å². The van der Waals surface area contributed by atoms with Crippen molar-refractivity contribution in [1.29, 1.82) is 0 Å². The Morgan fingerprint density at radius 1 is 1.37 bits per heavy atom. The third-order valence-corrected chi connectivity index (χ3v) is 3.79. The molecule has 1 aromatic carbocycles. The van der Waals surface area contributed by atoms with Gasteiger partial charge >= 0.3 is 5.97 Å². The molecule has 1 aliphatic rings. The molecule has 1 aliphatic carbocycles. The van der Waals surface area contributed by atoms with Crippen molar-refractivity contribution in [3.63, 3.8) is 0 Å². The van der Waals surface area contributed by atoms with Crippen LogP contribution in [0.25, 0.3) is 0 Å². The normalized spacial score (nSPS) is 21.9. The summed E-state index contributed by atoms with van der Waals surface area (Å²) in [6, 6.07) is 7.56. The number of carbonyl (C=O) groups excluding carboxylic acids is 1. The van der Waals surface area contributed by atoms with Crippen molar-refractivity contribution < 1.29 is 14.3 Å². The van der Waals surface area contributed by atoms with Crippen molar-refractivity contribution in [3.8, 4) is 5.75 Å². The molecule has 3 nitrogen and oxygen atoms in total. The Morgan fingerprint density at radius 2 is 1.95 bits per heavy atom. The monoisotopic (exact) mass is 326 g/mol. The van der Waals surface area contributed by atoms with Crippen LogP contribution >= 0.6 is 15.9 Å². The van der Waals surface area contributed by atoms with E-state index in [0.717, 1.165) is 16.6 Å². The van der Waals surface area contributed by atoms with Crippen LogP contribution < -0.4 is 4.74 Å². The molecule has 0 bridgehead atoms. The second kappa shape index (κ2) is 5.53. The van der Waals surface area contributed by atoms with Crippen molar-refractivity contribution in [2.75, 3.05) is 6.61 Å². The van der Waals surface area contributed by atoms with Crippen molar-refractivity contribution in [3.05, 3.63) is 28.7 Å². The maximum absolute atomic E-state index is 12.0. The molecule has 104 valence electrons. The quantitative estimate of drug-likeness (QED) is 0.772. The molecule has 19 heavy (non-hydrogen) atoms. The van der Waals surface area contributed by atoms with E-state index in [1.54, 1.807) is 0 Å². The highest BCUT2D eigenvalue weighted by molar-refractivity contribution is 9.10. The molecule has 0 amide bonds. The summed E-state index contributed by atoms with van der Waals surface area (Å²) in [6.45, 7) is 6.10. The standard InChI is InChI=1S/C15H19BrO3/c1-10-8-13(10)19-14(17)15(2,3)9-18-12-6-4-11(16)5-7-12/h4-7,10,13H,8-9H2,1-3H3/t10?,13-/m0/s1. The Hall–Kier alpha value is -1.03. The number of benzene rings is 1. The summed E-state index contributed by atoms with van der Waals surface area (Å²) in [7, 11) is 0. The van der Waals surface area contributed by atoms with Crippen LogP contribution in [0.1, 0.15) is 27.2 Å². The first-order valence-corrected chi connectivity index (χ1v) is 7.27. The fourth-order valence-electron chi connectivity index (χ4n) is 1.60. The zero-order valence-corrected chi connectivity index (χ0v) is 13.1. The predicted molar refractivity (Wildman–Crippen MR) is 77.1 cm³/mol. The predicted octanol–water partition coefficient (Wildman–Crippen LogP) is 3.81. The highest BCUT2D eigenvalue weighted by Crippen LogP contribution is 2.35. The van der Waals surface area contributed by atoms with Crippen LogP contribution in [0.15, 0.2) is 28.7 Å². The van der Waals surface area contributed by atoms with Gasteiger partial charge in [0, 0.05) is 4.47 Å². The fraction of sp³-hybridized carbons (Fsp3) is 0.533. The molecule has 2 rings (SSSR count). The Bertz CT molecular complexity index is 453. The van der Waals surface area contributed by atoms with Gasteiger partial charge in [0.05, 0.1) is 5.41 Å². The van der Waals surface area contributed by atoms with Crippen LogP contribution in [0.5, 0.6) is 5.75 Å². The Morgan fingerprint density at radius 3 is 2.47 bits per heavy atom. The Labute approximate surface area is 122 Å². The molecule has 0 heterocycles. The Kier molecular flexibility index (Phi) is 4.19. The van der Waals surface area contributed by atoms with Gasteiger partial charge in [0.25, 0.3) is 0 Å². The summed E-state index contributed by atoms with van der Waals surface area (Å²) in [5.74, 6) is 1.08. The molecule has 0 saturated heterocycles. The minimum absolute atomic E-state index is 0.111. The lowest BCUT2D eigenvalue weighted by molar-refractivity contribution is -0.157. The van der Waals surface area contributed by atoms with Gasteiger partial charge in [-0.2, -0.15) is 0 Å². The summed E-state index contributed by atoms with van der Waals surface area (Å²) >= 11 is 3.37. The summed E-state index contributed by atoms with van der Waals surface area (Å²) in [5.41, 5.74) is -0.630. The van der Waals surface area contributed by atoms with E-state index < -0.39 is 5.41 Å². The Balaban J connectivity index is 1.85. The number of rotatable bonds is 5. The number of ether oxygens (including phenoxy) is 2. The summed E-state index contributed by atoms with van der Waals surface area (Å²) < 4.78 is 12.1. The molecule has 2 atom stereocenters. The van der Waals surface area contributed by atoms with Gasteiger partial charge < -0.3 is 9.47 Å². The minimum atomic E-state index is -0.630. The van der Waals surface area contributed by atoms with Crippen LogP contribution in [0, 0.1) is 11.3 Å². The van der Waals surface area contributed by atoms with E-state index >= 15 is 0 Å². The van der Waals surface area contributed by atoms with Crippen molar-refractivity contribution in [1.82, 2.24) is 0 Å². The maximum atomic E-state index is 12.0. The number of hydrogen-bond acceptors (Lipinski definition) is 3. The average molecular weight is 327 g/mol. The minimum Gasteiger partial charge on any atom is -0.492 e. The molecular weight excluding hydrogens is 308 g/mol. The van der Waals surface area contributed by atoms with Crippen molar-refractivity contribution in [2.24, 2.45) is 11.3 Å². The first-order valence-electron chi connectivity index (χ1n) is 6.48. The maximum Gasteiger partial charge on any atom is 0.315 e. The molecule has 0 aromatic heterocycles. The molecular formula is C15H19BrO3. The lowest BCUT2D eigenvalue weighted by atomic mass is 9.95. The van der Waals surface area contributed by atoms with Gasteiger partial charge in [-0.1, -0.05) is 22.9 Å². The zero-order valence-electron chi connectivity index (χ0n) is 11.5. The first-order chi connectivity index (χ1) is 8.88. The van der Waals surface area contributed by atoms with Gasteiger partial charge in [0.15, 0.2) is 0 Å². The molecule has 4 heteroatoms. The summed E-state index contributed by atoms with van der Waals surface area (Å²) in [6.07, 6.45) is 1.09. The van der Waals surface area contributed by atoms with Gasteiger partial charge in [0.1, 0.15) is 18.5 Å². The molecule has 0 aliphatic heterocycles. The van der Waals surface area contributed by atoms with E-state index in [4.69, 9.17) is 9.47 Å². The lowest BCUT2D eigenvalue weighted by Crippen LogP contribution is -2.33. The van der Waals surface area contributed by atoms with E-state index in [0.29, 0.717) is 12.5 Å². The molecule has 0 spiro atoms. The smallest absolute Gasteiger partial charge is 0.315 e. The molecule has 1 fully saturated rings. The SMILES string of the molecule is CC1C[C@@H]1OC(=O)C(C)(C)COc1ccc(Br)cc1. The summed E-state index contributed by atoms with van der Waals surface area (Å²) in [5, 5.41) is 0. The van der Waals surface area contributed by atoms with Crippen molar-refractivity contribution >= 4 is 21.9 Å². The number of carbonyl (C=O) groups is 1. The van der Waals surface area contributed by atoms with Crippen LogP contribution in [0.3, 0.4) is 0 Å². The lowest BCUT2D eigenvalue weighted by Gasteiger charge is -2.22. The second-order valence-corrected chi connectivity index (χ2v) is 6.70. The number of halogens is 1. The highest BCUT2D eigenvalue weighted by Gasteiger charge is 2.40. The molecule has 1 unspecified atom stereocenters. The van der Waals surface area contributed by atoms with Gasteiger partial charge in [-0.25, -0.2) is 0 Å². The largest absolute Gasteiger partial charge is 0.492 e. The van der Waals surface area contributed by atoms with E-state index in [-0.39, 0.29) is 12.1 Å². The first kappa shape index (κ1) is 14.4. The van der Waals surface area contributed by atoms with E-state index in [9.17, 15) is 4.79 Å². The van der Waals surface area contributed by atoms with E-state index in [1.807, 2.05) is 38.1 Å². The van der Waals surface area contributed by atoms with Crippen molar-refractivity contribution in [2.45, 2.75) is 33.3 Å². The van der Waals surface area contributed by atoms with Gasteiger partial charge in [0.2, 0.25) is 0 Å². The summed E-state index contributed by atoms with van der Waals surface area (Å²) in [4.78, 5) is 12.0. The van der Waals surface area contributed by atoms with Gasteiger partial charge in [-0.05, 0) is 50.5 Å². The topological polar surface area (TPSA) is 35.5 Å². The highest BCUT2D eigenvalue weighted by atomic mass is 79.9. The van der Waals surface area contributed by atoms with Gasteiger partial charge in [-0.3, -0.25) is 4.79 Å². The molecule has 1 saturated carbocycles. The average Bonchev–Trinajstić information content (AvgIpc) is 3.04.